The predicted octanol–water partition coefficient (Wildman–Crippen LogP) is 4.63. The molecular weight excluding hydrogens is 488 g/mol. The van der Waals surface area contributed by atoms with Crippen molar-refractivity contribution in [3.63, 3.8) is 0 Å². The number of nitrogen functional groups attached to an aromatic ring is 1. The number of benzene rings is 1. The van der Waals surface area contributed by atoms with Gasteiger partial charge in [-0.3, -0.25) is 4.72 Å². The van der Waals surface area contributed by atoms with Crippen LogP contribution < -0.4 is 10.5 Å². The number of anilines is 2. The van der Waals surface area contributed by atoms with Crippen molar-refractivity contribution in [2.45, 2.75) is 38.5 Å². The smallest absolute Gasteiger partial charge is 0.382 e. The van der Waals surface area contributed by atoms with Crippen LogP contribution >= 0.6 is 0 Å². The molecule has 190 valence electrons. The number of nitrogens with one attached hydrogen (secondary N) is 1. The number of rotatable bonds is 4. The van der Waals surface area contributed by atoms with Crippen LogP contribution in [-0.2, 0) is 22.4 Å². The second-order valence-electron chi connectivity index (χ2n) is 7.65. The Labute approximate surface area is 193 Å². The molecular formula is C20H25F6N5O2S. The Morgan fingerprint density at radius 2 is 1.62 bits per heavy atom. The second kappa shape index (κ2) is 10.8. The van der Waals surface area contributed by atoms with Crippen molar-refractivity contribution in [1.29, 1.82) is 0 Å². The maximum atomic E-state index is 12.9. The zero-order valence-corrected chi connectivity index (χ0v) is 19.3. The van der Waals surface area contributed by atoms with E-state index < -0.39 is 50.7 Å². The first-order chi connectivity index (χ1) is 15.6. The highest BCUT2D eigenvalue weighted by molar-refractivity contribution is 7.92. The van der Waals surface area contributed by atoms with E-state index in [9.17, 15) is 34.8 Å². The molecule has 2 heterocycles. The van der Waals surface area contributed by atoms with Gasteiger partial charge < -0.3 is 10.6 Å². The fourth-order valence-electron chi connectivity index (χ4n) is 3.26. The maximum Gasteiger partial charge on any atom is 0.420 e. The lowest BCUT2D eigenvalue weighted by atomic mass is 10.0. The molecule has 0 atom stereocenters. The molecule has 2 aromatic rings. The Bertz CT molecular complexity index is 1080. The van der Waals surface area contributed by atoms with Crippen LogP contribution in [0.25, 0.3) is 11.3 Å². The van der Waals surface area contributed by atoms with Gasteiger partial charge in [0.05, 0.1) is 23.2 Å². The van der Waals surface area contributed by atoms with Crippen LogP contribution in [0.4, 0.5) is 37.8 Å². The summed E-state index contributed by atoms with van der Waals surface area (Å²) in [6.07, 6.45) is -4.70. The van der Waals surface area contributed by atoms with E-state index >= 15 is 0 Å². The Morgan fingerprint density at radius 1 is 1.00 bits per heavy atom. The molecule has 3 N–H and O–H groups in total. The van der Waals surface area contributed by atoms with E-state index in [2.05, 4.69) is 22.0 Å². The van der Waals surface area contributed by atoms with E-state index in [0.29, 0.717) is 24.5 Å². The highest BCUT2D eigenvalue weighted by Gasteiger charge is 2.35. The van der Waals surface area contributed by atoms with E-state index in [1.165, 1.54) is 38.9 Å². The SMILES string of the molecule is CCN1CCCCC1.CS(=O)(=O)Nc1cc(C(F)(F)F)ccc1-c1cc(C(F)(F)F)c(N)nn1. The number of piperidine rings is 1. The number of likely N-dealkylation sites (tertiary alicyclic amines) is 1. The second-order valence-corrected chi connectivity index (χ2v) is 9.40. The van der Waals surface area contributed by atoms with Crippen molar-refractivity contribution in [3.8, 4) is 11.3 Å². The molecule has 0 aliphatic carbocycles. The van der Waals surface area contributed by atoms with Crippen LogP contribution in [0.3, 0.4) is 0 Å². The van der Waals surface area contributed by atoms with Crippen LogP contribution in [-0.4, -0.2) is 49.4 Å². The van der Waals surface area contributed by atoms with Gasteiger partial charge in [0.15, 0.2) is 5.82 Å². The third-order valence-corrected chi connectivity index (χ3v) is 5.53. The van der Waals surface area contributed by atoms with E-state index in [4.69, 9.17) is 5.73 Å². The quantitative estimate of drug-likeness (QED) is 0.579. The molecule has 0 amide bonds. The summed E-state index contributed by atoms with van der Waals surface area (Å²) >= 11 is 0. The lowest BCUT2D eigenvalue weighted by molar-refractivity contribution is -0.138. The molecule has 34 heavy (non-hydrogen) atoms. The number of hydrogen-bond acceptors (Lipinski definition) is 6. The van der Waals surface area contributed by atoms with E-state index in [-0.39, 0.29) is 5.56 Å². The standard InChI is InChI=1S/C13H10F6N4O2S.C7H15N/c1-26(24,25)23-10-4-6(12(14,15)16)2-3-7(10)9-5-8(13(17,18)19)11(20)22-21-9;1-2-8-6-4-3-5-7-8/h2-5,23H,1H3,(H2,20,22);2-7H2,1H3. The first-order valence-electron chi connectivity index (χ1n) is 10.2. The molecule has 3 rings (SSSR count). The topological polar surface area (TPSA) is 101 Å². The van der Waals surface area contributed by atoms with E-state index in [1.807, 2.05) is 4.72 Å². The highest BCUT2D eigenvalue weighted by atomic mass is 32.2. The maximum absolute atomic E-state index is 12.9. The van der Waals surface area contributed by atoms with Crippen molar-refractivity contribution in [2.24, 2.45) is 0 Å². The predicted molar refractivity (Wildman–Crippen MR) is 116 cm³/mol. The van der Waals surface area contributed by atoms with Gasteiger partial charge in [0.2, 0.25) is 10.0 Å². The van der Waals surface area contributed by atoms with Crippen molar-refractivity contribution in [3.05, 3.63) is 35.4 Å². The Morgan fingerprint density at radius 3 is 2.09 bits per heavy atom. The van der Waals surface area contributed by atoms with Crippen LogP contribution in [0.2, 0.25) is 0 Å². The van der Waals surface area contributed by atoms with Gasteiger partial charge in [-0.2, -0.15) is 26.3 Å². The van der Waals surface area contributed by atoms with Crippen molar-refractivity contribution in [2.75, 3.05) is 36.3 Å². The van der Waals surface area contributed by atoms with Gasteiger partial charge in [0.25, 0.3) is 0 Å². The normalized spacial score (nSPS) is 15.4. The number of hydrogen-bond donors (Lipinski definition) is 2. The third-order valence-electron chi connectivity index (χ3n) is 4.94. The molecule has 14 heteroatoms. The molecule has 0 spiro atoms. The zero-order valence-electron chi connectivity index (χ0n) is 18.5. The summed E-state index contributed by atoms with van der Waals surface area (Å²) < 4.78 is 102. The van der Waals surface area contributed by atoms with Crippen LogP contribution in [0, 0.1) is 0 Å². The summed E-state index contributed by atoms with van der Waals surface area (Å²) in [7, 11) is -4.03. The lowest BCUT2D eigenvalue weighted by Crippen LogP contribution is -2.29. The average Bonchev–Trinajstić information content (AvgIpc) is 2.72. The van der Waals surface area contributed by atoms with Crippen LogP contribution in [0.5, 0.6) is 0 Å². The van der Waals surface area contributed by atoms with Gasteiger partial charge in [-0.05, 0) is 50.7 Å². The Balaban J connectivity index is 0.000000430. The molecule has 0 bridgehead atoms. The number of halogens is 6. The number of alkyl halides is 6. The summed E-state index contributed by atoms with van der Waals surface area (Å²) in [6, 6.07) is 2.28. The van der Waals surface area contributed by atoms with Crippen molar-refractivity contribution < 1.29 is 34.8 Å². The number of aromatic nitrogens is 2. The number of nitrogens with two attached hydrogens (primary N) is 1. The van der Waals surface area contributed by atoms with E-state index in [0.717, 1.165) is 6.07 Å². The largest absolute Gasteiger partial charge is 0.420 e. The van der Waals surface area contributed by atoms with Crippen LogP contribution in [0.1, 0.15) is 37.3 Å². The van der Waals surface area contributed by atoms with Gasteiger partial charge in [-0.25, -0.2) is 8.42 Å². The Hall–Kier alpha value is -2.61. The van der Waals surface area contributed by atoms with Gasteiger partial charge in [-0.15, -0.1) is 10.2 Å². The molecule has 1 aliphatic rings. The molecule has 0 unspecified atom stereocenters. The zero-order chi connectivity index (χ0) is 25.7. The average molecular weight is 514 g/mol. The highest BCUT2D eigenvalue weighted by Crippen LogP contribution is 2.38. The lowest BCUT2D eigenvalue weighted by Gasteiger charge is -2.24. The van der Waals surface area contributed by atoms with E-state index in [1.54, 1.807) is 0 Å². The van der Waals surface area contributed by atoms with Crippen molar-refractivity contribution >= 4 is 21.5 Å². The molecule has 1 saturated heterocycles. The van der Waals surface area contributed by atoms with Gasteiger partial charge in [-0.1, -0.05) is 19.4 Å². The summed E-state index contributed by atoms with van der Waals surface area (Å²) in [5.74, 6) is -0.925. The molecule has 1 aromatic heterocycles. The summed E-state index contributed by atoms with van der Waals surface area (Å²) in [4.78, 5) is 2.52. The monoisotopic (exact) mass is 513 g/mol. The fourth-order valence-corrected chi connectivity index (χ4v) is 3.83. The molecule has 1 fully saturated rings. The van der Waals surface area contributed by atoms with Gasteiger partial charge >= 0.3 is 12.4 Å². The minimum absolute atomic E-state index is 0.332. The molecule has 0 saturated carbocycles. The molecule has 0 radical (unpaired) electrons. The first kappa shape index (κ1) is 27.6. The minimum Gasteiger partial charge on any atom is -0.382 e. The molecule has 7 nitrogen and oxygen atoms in total. The minimum atomic E-state index is -4.88. The van der Waals surface area contributed by atoms with Gasteiger partial charge in [0.1, 0.15) is 5.56 Å². The number of sulfonamides is 1. The number of nitrogens with zero attached hydrogens (tertiary/aromatic N) is 3. The summed E-state index contributed by atoms with van der Waals surface area (Å²) in [6.45, 7) is 6.18. The van der Waals surface area contributed by atoms with Gasteiger partial charge in [0, 0.05) is 5.56 Å². The summed E-state index contributed by atoms with van der Waals surface area (Å²) in [5.41, 5.74) is 1.12. The molecule has 1 aliphatic heterocycles. The summed E-state index contributed by atoms with van der Waals surface area (Å²) in [5, 5.41) is 6.55. The fraction of sp³-hybridized carbons (Fsp3) is 0.500. The first-order valence-corrected chi connectivity index (χ1v) is 12.1. The molecule has 1 aromatic carbocycles. The Kier molecular flexibility index (Phi) is 8.75. The van der Waals surface area contributed by atoms with Crippen molar-refractivity contribution in [1.82, 2.24) is 15.1 Å². The third kappa shape index (κ3) is 8.01. The van der Waals surface area contributed by atoms with Crippen LogP contribution in [0.15, 0.2) is 24.3 Å².